The van der Waals surface area contributed by atoms with Crippen molar-refractivity contribution in [3.05, 3.63) is 70.8 Å². The van der Waals surface area contributed by atoms with Crippen LogP contribution in [-0.2, 0) is 12.0 Å². The van der Waals surface area contributed by atoms with Crippen LogP contribution in [0.1, 0.15) is 42.6 Å². The molecule has 0 saturated carbocycles. The third-order valence-corrected chi connectivity index (χ3v) is 4.74. The second-order valence-electron chi connectivity index (χ2n) is 7.39. The molecule has 2 N–H and O–H groups in total. The Balaban J connectivity index is 1.81. The number of nitrogens with zero attached hydrogens (tertiary/aromatic N) is 2. The van der Waals surface area contributed by atoms with Gasteiger partial charge in [0.05, 0.1) is 12.1 Å². The molecule has 0 spiro atoms. The highest BCUT2D eigenvalue weighted by atomic mass is 35.5. The van der Waals surface area contributed by atoms with Crippen molar-refractivity contribution in [3.8, 4) is 0 Å². The Hall–Kier alpha value is -2.37. The van der Waals surface area contributed by atoms with Gasteiger partial charge in [0.25, 0.3) is 5.91 Å². The van der Waals surface area contributed by atoms with Crippen LogP contribution in [-0.4, -0.2) is 26.9 Å². The molecular formula is C21H24ClN3O2. The number of pyridine rings is 1. The monoisotopic (exact) mass is 385 g/mol. The van der Waals surface area contributed by atoms with E-state index < -0.39 is 5.60 Å². The summed E-state index contributed by atoms with van der Waals surface area (Å²) in [5, 5.41) is 14.1. The number of aromatic nitrogens is 2. The first-order chi connectivity index (χ1) is 12.8. The maximum atomic E-state index is 12.8. The number of carbonyl (C=O) groups is 1. The topological polar surface area (TPSA) is 66.6 Å². The number of rotatable bonds is 6. The molecule has 0 bridgehead atoms. The number of aliphatic hydroxyl groups is 1. The van der Waals surface area contributed by atoms with Crippen LogP contribution in [0.3, 0.4) is 0 Å². The van der Waals surface area contributed by atoms with Gasteiger partial charge in [-0.2, -0.15) is 0 Å². The minimum atomic E-state index is -1.21. The molecule has 0 aliphatic carbocycles. The summed E-state index contributed by atoms with van der Waals surface area (Å²) in [5.74, 6) is 0.982. The van der Waals surface area contributed by atoms with E-state index in [1.165, 1.54) is 0 Å². The Kier molecular flexibility index (Phi) is 5.53. The summed E-state index contributed by atoms with van der Waals surface area (Å²) in [6.45, 7) is 5.96. The number of hydrogen-bond donors (Lipinski definition) is 2. The van der Waals surface area contributed by atoms with Crippen molar-refractivity contribution >= 4 is 23.0 Å². The number of fused-ring (bicyclic) bond motifs is 1. The predicted octanol–water partition coefficient (Wildman–Crippen LogP) is 3.82. The average molecular weight is 386 g/mol. The molecule has 1 unspecified atom stereocenters. The molecule has 27 heavy (non-hydrogen) atoms. The van der Waals surface area contributed by atoms with Crippen LogP contribution in [0.25, 0.3) is 5.52 Å². The van der Waals surface area contributed by atoms with E-state index in [0.29, 0.717) is 22.2 Å². The molecule has 1 atom stereocenters. The minimum absolute atomic E-state index is 0.0683. The highest BCUT2D eigenvalue weighted by Crippen LogP contribution is 2.22. The fraction of sp³-hybridized carbons (Fsp3) is 0.333. The van der Waals surface area contributed by atoms with Crippen LogP contribution in [0.4, 0.5) is 0 Å². The largest absolute Gasteiger partial charge is 0.384 e. The molecular weight excluding hydrogens is 362 g/mol. The van der Waals surface area contributed by atoms with Gasteiger partial charge in [-0.15, -0.1) is 0 Å². The quantitative estimate of drug-likeness (QED) is 0.677. The fourth-order valence-corrected chi connectivity index (χ4v) is 3.15. The van der Waals surface area contributed by atoms with Crippen LogP contribution >= 0.6 is 11.6 Å². The lowest BCUT2D eigenvalue weighted by Gasteiger charge is -2.24. The predicted molar refractivity (Wildman–Crippen MR) is 107 cm³/mol. The number of imidazole rings is 1. The van der Waals surface area contributed by atoms with Crippen molar-refractivity contribution < 1.29 is 9.90 Å². The van der Waals surface area contributed by atoms with E-state index >= 15 is 0 Å². The van der Waals surface area contributed by atoms with Crippen LogP contribution in [0.2, 0.25) is 5.02 Å². The molecule has 3 aromatic rings. The normalized spacial score (nSPS) is 13.7. The van der Waals surface area contributed by atoms with E-state index in [1.807, 2.05) is 28.8 Å². The van der Waals surface area contributed by atoms with Gasteiger partial charge in [-0.3, -0.25) is 4.79 Å². The van der Waals surface area contributed by atoms with Crippen molar-refractivity contribution in [3.63, 3.8) is 0 Å². The van der Waals surface area contributed by atoms with Gasteiger partial charge >= 0.3 is 0 Å². The second kappa shape index (κ2) is 7.71. The summed E-state index contributed by atoms with van der Waals surface area (Å²) < 4.78 is 1.95. The highest BCUT2D eigenvalue weighted by molar-refractivity contribution is 6.30. The molecule has 2 heterocycles. The molecule has 0 fully saturated rings. The minimum Gasteiger partial charge on any atom is -0.384 e. The molecule has 1 aromatic carbocycles. The summed E-state index contributed by atoms with van der Waals surface area (Å²) in [6, 6.07) is 12.6. The molecule has 0 radical (unpaired) electrons. The molecule has 0 aliphatic heterocycles. The lowest BCUT2D eigenvalue weighted by atomic mass is 9.96. The summed E-state index contributed by atoms with van der Waals surface area (Å²) in [6.07, 6.45) is 2.70. The third kappa shape index (κ3) is 4.31. The van der Waals surface area contributed by atoms with Crippen LogP contribution in [0, 0.1) is 5.92 Å². The summed E-state index contributed by atoms with van der Waals surface area (Å²) >= 11 is 5.90. The molecule has 1 amide bonds. The average Bonchev–Trinajstić information content (AvgIpc) is 2.98. The molecule has 0 aliphatic rings. The number of amides is 1. The first kappa shape index (κ1) is 19.4. The number of nitrogens with one attached hydrogen (secondary N) is 1. The van der Waals surface area contributed by atoms with E-state index in [2.05, 4.69) is 24.1 Å². The number of benzene rings is 1. The van der Waals surface area contributed by atoms with Crippen molar-refractivity contribution in [1.82, 2.24) is 14.7 Å². The van der Waals surface area contributed by atoms with Gasteiger partial charge in [-0.1, -0.05) is 43.6 Å². The molecule has 5 nitrogen and oxygen atoms in total. The van der Waals surface area contributed by atoms with Crippen molar-refractivity contribution in [2.45, 2.75) is 32.8 Å². The summed E-state index contributed by atoms with van der Waals surface area (Å²) in [7, 11) is 0. The summed E-state index contributed by atoms with van der Waals surface area (Å²) in [4.78, 5) is 17.3. The number of halogens is 1. The van der Waals surface area contributed by atoms with Crippen molar-refractivity contribution in [2.24, 2.45) is 5.92 Å². The maximum Gasteiger partial charge on any atom is 0.272 e. The lowest BCUT2D eigenvalue weighted by Crippen LogP contribution is -2.38. The van der Waals surface area contributed by atoms with E-state index in [0.717, 1.165) is 17.8 Å². The van der Waals surface area contributed by atoms with Gasteiger partial charge in [0, 0.05) is 17.6 Å². The van der Waals surface area contributed by atoms with Crippen LogP contribution in [0.5, 0.6) is 0 Å². The van der Waals surface area contributed by atoms with Crippen molar-refractivity contribution in [2.75, 3.05) is 6.54 Å². The zero-order valence-corrected chi connectivity index (χ0v) is 16.5. The third-order valence-electron chi connectivity index (χ3n) is 4.49. The Morgan fingerprint density at radius 1 is 1.26 bits per heavy atom. The lowest BCUT2D eigenvalue weighted by molar-refractivity contribution is 0.0525. The van der Waals surface area contributed by atoms with Gasteiger partial charge in [-0.25, -0.2) is 4.98 Å². The first-order valence-electron chi connectivity index (χ1n) is 9.00. The van der Waals surface area contributed by atoms with Crippen LogP contribution in [0.15, 0.2) is 48.7 Å². The molecule has 0 saturated heterocycles. The van der Waals surface area contributed by atoms with Gasteiger partial charge < -0.3 is 14.8 Å². The zero-order chi connectivity index (χ0) is 19.6. The van der Waals surface area contributed by atoms with E-state index in [-0.39, 0.29) is 12.5 Å². The smallest absolute Gasteiger partial charge is 0.272 e. The Morgan fingerprint density at radius 2 is 1.96 bits per heavy atom. The van der Waals surface area contributed by atoms with E-state index in [9.17, 15) is 9.90 Å². The van der Waals surface area contributed by atoms with Crippen molar-refractivity contribution in [1.29, 1.82) is 0 Å². The molecule has 142 valence electrons. The van der Waals surface area contributed by atoms with Gasteiger partial charge in [-0.05, 0) is 42.7 Å². The first-order valence-corrected chi connectivity index (χ1v) is 9.38. The zero-order valence-electron chi connectivity index (χ0n) is 15.7. The Labute approximate surface area is 164 Å². The second-order valence-corrected chi connectivity index (χ2v) is 7.83. The highest BCUT2D eigenvalue weighted by Gasteiger charge is 2.25. The van der Waals surface area contributed by atoms with Gasteiger partial charge in [0.1, 0.15) is 11.4 Å². The maximum absolute atomic E-state index is 12.8. The summed E-state index contributed by atoms with van der Waals surface area (Å²) in [5.41, 5.74) is 0.605. The number of carbonyl (C=O) groups excluding carboxylic acids is 1. The standard InChI is InChI=1S/C21H24ClN3O2/c1-14(2)12-18-24-19(17-6-4-5-11-25(17)18)20(26)23-13-21(3,27)15-7-9-16(22)10-8-15/h4-11,14,27H,12-13H2,1-3H3,(H,23,26). The molecule has 3 rings (SSSR count). The SMILES string of the molecule is CC(C)Cc1nc(C(=O)NCC(C)(O)c2ccc(Cl)cc2)c2ccccn12. The van der Waals surface area contributed by atoms with Gasteiger partial charge in [0.15, 0.2) is 5.69 Å². The Bertz CT molecular complexity index is 946. The van der Waals surface area contributed by atoms with Crippen LogP contribution < -0.4 is 5.32 Å². The fourth-order valence-electron chi connectivity index (χ4n) is 3.02. The van der Waals surface area contributed by atoms with Gasteiger partial charge in [0.2, 0.25) is 0 Å². The Morgan fingerprint density at radius 3 is 2.63 bits per heavy atom. The molecule has 2 aromatic heterocycles. The van der Waals surface area contributed by atoms with E-state index in [1.54, 1.807) is 31.2 Å². The number of hydrogen-bond acceptors (Lipinski definition) is 3. The van der Waals surface area contributed by atoms with E-state index in [4.69, 9.17) is 11.6 Å². The molecule has 6 heteroatoms.